The topological polar surface area (TPSA) is 44.3 Å². The van der Waals surface area contributed by atoms with Gasteiger partial charge in [0.2, 0.25) is 0 Å². The van der Waals surface area contributed by atoms with Crippen molar-refractivity contribution in [1.82, 2.24) is 14.3 Å². The van der Waals surface area contributed by atoms with Crippen molar-refractivity contribution < 1.29 is 0 Å². The number of nitrogens with zero attached hydrogens (tertiary/aromatic N) is 4. The molecule has 0 N–H and O–H groups in total. The molecule has 2 aromatic heterocycles. The summed E-state index contributed by atoms with van der Waals surface area (Å²) in [6, 6.07) is 6.37. The molecule has 4 nitrogen and oxygen atoms in total. The van der Waals surface area contributed by atoms with Gasteiger partial charge in [-0.05, 0) is 32.5 Å². The van der Waals surface area contributed by atoms with E-state index in [0.29, 0.717) is 11.6 Å². The van der Waals surface area contributed by atoms with Crippen molar-refractivity contribution in [1.29, 1.82) is 5.26 Å². The maximum Gasteiger partial charge on any atom is 0.137 e. The minimum Gasteiger partial charge on any atom is -0.301 e. The maximum absolute atomic E-state index is 8.94. The van der Waals surface area contributed by atoms with Gasteiger partial charge in [0.05, 0.1) is 17.5 Å². The molecule has 0 radical (unpaired) electrons. The highest BCUT2D eigenvalue weighted by atomic mass is 15.1. The van der Waals surface area contributed by atoms with Crippen LogP contribution in [-0.2, 0) is 6.54 Å². The minimum atomic E-state index is 0.537. The molecule has 0 spiro atoms. The summed E-state index contributed by atoms with van der Waals surface area (Å²) in [7, 11) is 2.11. The van der Waals surface area contributed by atoms with E-state index >= 15 is 0 Å². The van der Waals surface area contributed by atoms with Crippen molar-refractivity contribution >= 4 is 5.65 Å². The van der Waals surface area contributed by atoms with E-state index in [4.69, 9.17) is 5.26 Å². The molecule has 0 bridgehead atoms. The molecule has 2 heterocycles. The van der Waals surface area contributed by atoms with Crippen LogP contribution in [0.4, 0.5) is 0 Å². The lowest BCUT2D eigenvalue weighted by Crippen LogP contribution is -2.28. The molecule has 94 valence electrons. The molecule has 0 amide bonds. The fraction of sp³-hybridized carbons (Fsp3) is 0.429. The average Bonchev–Trinajstić information content (AvgIpc) is 2.80. The van der Waals surface area contributed by atoms with E-state index in [1.165, 1.54) is 0 Å². The summed E-state index contributed by atoms with van der Waals surface area (Å²) in [6.45, 7) is 5.23. The molecule has 0 aromatic carbocycles. The van der Waals surface area contributed by atoms with Crippen LogP contribution in [0.3, 0.4) is 0 Å². The Balaban J connectivity index is 2.31. The fourth-order valence-electron chi connectivity index (χ4n) is 1.94. The van der Waals surface area contributed by atoms with Crippen LogP contribution in [0.1, 0.15) is 31.5 Å². The summed E-state index contributed by atoms with van der Waals surface area (Å²) in [6.07, 6.45) is 4.86. The third-order valence-electron chi connectivity index (χ3n) is 3.47. The first-order valence-corrected chi connectivity index (χ1v) is 6.22. The lowest BCUT2D eigenvalue weighted by atomic mass is 10.2. The first-order valence-electron chi connectivity index (χ1n) is 6.22. The van der Waals surface area contributed by atoms with Crippen molar-refractivity contribution in [3.05, 3.63) is 35.8 Å². The van der Waals surface area contributed by atoms with Gasteiger partial charge in [-0.1, -0.05) is 6.92 Å². The Kier molecular flexibility index (Phi) is 3.63. The normalized spacial score (nSPS) is 12.8. The van der Waals surface area contributed by atoms with E-state index in [0.717, 1.165) is 24.3 Å². The van der Waals surface area contributed by atoms with Gasteiger partial charge in [0, 0.05) is 18.8 Å². The summed E-state index contributed by atoms with van der Waals surface area (Å²) in [5, 5.41) is 8.94. The Labute approximate surface area is 107 Å². The standard InChI is InChI=1S/C14H18N4/c1-4-11(2)17(3)10-13-8-16-14-6-5-12(7-15)9-18(13)14/h5-6,8-9,11H,4,10H2,1-3H3. The minimum absolute atomic E-state index is 0.537. The smallest absolute Gasteiger partial charge is 0.137 e. The molecule has 0 aliphatic heterocycles. The molecule has 0 saturated heterocycles. The van der Waals surface area contributed by atoms with Gasteiger partial charge >= 0.3 is 0 Å². The quantitative estimate of drug-likeness (QED) is 0.827. The number of nitriles is 1. The largest absolute Gasteiger partial charge is 0.301 e. The molecule has 0 saturated carbocycles. The first kappa shape index (κ1) is 12.6. The van der Waals surface area contributed by atoms with Gasteiger partial charge in [0.25, 0.3) is 0 Å². The van der Waals surface area contributed by atoms with E-state index in [-0.39, 0.29) is 0 Å². The fourth-order valence-corrected chi connectivity index (χ4v) is 1.94. The third-order valence-corrected chi connectivity index (χ3v) is 3.47. The Bertz CT molecular complexity index is 579. The van der Waals surface area contributed by atoms with E-state index in [2.05, 4.69) is 36.8 Å². The van der Waals surface area contributed by atoms with E-state index in [1.54, 1.807) is 6.07 Å². The van der Waals surface area contributed by atoms with Gasteiger partial charge in [-0.25, -0.2) is 4.98 Å². The molecule has 18 heavy (non-hydrogen) atoms. The van der Waals surface area contributed by atoms with E-state index in [9.17, 15) is 0 Å². The summed E-state index contributed by atoms with van der Waals surface area (Å²) in [5.74, 6) is 0. The van der Waals surface area contributed by atoms with Gasteiger partial charge in [0.15, 0.2) is 0 Å². The number of hydrogen-bond donors (Lipinski definition) is 0. The lowest BCUT2D eigenvalue weighted by Gasteiger charge is -2.22. The SMILES string of the molecule is CCC(C)N(C)Cc1cnc2ccc(C#N)cn12. The van der Waals surface area contributed by atoms with Crippen LogP contribution in [0.2, 0.25) is 0 Å². The van der Waals surface area contributed by atoms with Gasteiger partial charge in [0.1, 0.15) is 11.7 Å². The third kappa shape index (κ3) is 2.36. The highest BCUT2D eigenvalue weighted by Gasteiger charge is 2.10. The predicted molar refractivity (Wildman–Crippen MR) is 71.1 cm³/mol. The van der Waals surface area contributed by atoms with Crippen molar-refractivity contribution in [2.45, 2.75) is 32.9 Å². The summed E-state index contributed by atoms with van der Waals surface area (Å²) in [5.41, 5.74) is 2.67. The number of rotatable bonds is 4. The highest BCUT2D eigenvalue weighted by molar-refractivity contribution is 5.44. The average molecular weight is 242 g/mol. The van der Waals surface area contributed by atoms with Crippen LogP contribution in [0, 0.1) is 11.3 Å². The summed E-state index contributed by atoms with van der Waals surface area (Å²) in [4.78, 5) is 6.65. The molecular weight excluding hydrogens is 224 g/mol. The highest BCUT2D eigenvalue weighted by Crippen LogP contribution is 2.12. The number of aromatic nitrogens is 2. The summed E-state index contributed by atoms with van der Waals surface area (Å²) >= 11 is 0. The van der Waals surface area contributed by atoms with Crippen LogP contribution < -0.4 is 0 Å². The van der Waals surface area contributed by atoms with Gasteiger partial charge in [-0.2, -0.15) is 5.26 Å². The Morgan fingerprint density at radius 2 is 2.28 bits per heavy atom. The second kappa shape index (κ2) is 5.19. The Hall–Kier alpha value is -1.86. The second-order valence-electron chi connectivity index (χ2n) is 4.68. The molecule has 0 aliphatic carbocycles. The zero-order chi connectivity index (χ0) is 13.1. The summed E-state index contributed by atoms with van der Waals surface area (Å²) < 4.78 is 2.00. The maximum atomic E-state index is 8.94. The second-order valence-corrected chi connectivity index (χ2v) is 4.68. The zero-order valence-corrected chi connectivity index (χ0v) is 11.1. The van der Waals surface area contributed by atoms with Crippen molar-refractivity contribution in [2.75, 3.05) is 7.05 Å². The lowest BCUT2D eigenvalue weighted by molar-refractivity contribution is 0.240. The zero-order valence-electron chi connectivity index (χ0n) is 11.1. The predicted octanol–water partition coefficient (Wildman–Crippen LogP) is 2.44. The monoisotopic (exact) mass is 242 g/mol. The Morgan fingerprint density at radius 1 is 1.50 bits per heavy atom. The Morgan fingerprint density at radius 3 is 2.94 bits per heavy atom. The van der Waals surface area contributed by atoms with Crippen molar-refractivity contribution in [2.24, 2.45) is 0 Å². The van der Waals surface area contributed by atoms with Gasteiger partial charge in [-0.3, -0.25) is 4.90 Å². The van der Waals surface area contributed by atoms with Gasteiger partial charge < -0.3 is 4.40 Å². The molecular formula is C14H18N4. The van der Waals surface area contributed by atoms with Crippen LogP contribution in [0.15, 0.2) is 24.5 Å². The van der Waals surface area contributed by atoms with Crippen LogP contribution in [-0.4, -0.2) is 27.4 Å². The molecule has 2 aromatic rings. The number of hydrogen-bond acceptors (Lipinski definition) is 3. The molecule has 1 unspecified atom stereocenters. The van der Waals surface area contributed by atoms with Crippen LogP contribution >= 0.6 is 0 Å². The van der Waals surface area contributed by atoms with E-state index < -0.39 is 0 Å². The number of pyridine rings is 1. The molecule has 0 fully saturated rings. The molecule has 2 rings (SSSR count). The van der Waals surface area contributed by atoms with Crippen LogP contribution in [0.25, 0.3) is 5.65 Å². The molecule has 0 aliphatic rings. The van der Waals surface area contributed by atoms with Gasteiger partial charge in [-0.15, -0.1) is 0 Å². The number of imidazole rings is 1. The first-order chi connectivity index (χ1) is 8.65. The van der Waals surface area contributed by atoms with Crippen molar-refractivity contribution in [3.63, 3.8) is 0 Å². The van der Waals surface area contributed by atoms with E-state index in [1.807, 2.05) is 22.9 Å². The van der Waals surface area contributed by atoms with Crippen molar-refractivity contribution in [3.8, 4) is 6.07 Å². The number of fused-ring (bicyclic) bond motifs is 1. The molecule has 1 atom stereocenters. The van der Waals surface area contributed by atoms with Crippen LogP contribution in [0.5, 0.6) is 0 Å². The molecule has 4 heteroatoms.